The Bertz CT molecular complexity index is 4820. The lowest BCUT2D eigenvalue weighted by Gasteiger charge is -2.11. The van der Waals surface area contributed by atoms with Crippen molar-refractivity contribution in [2.75, 3.05) is 51.9 Å². The van der Waals surface area contributed by atoms with Gasteiger partial charge < -0.3 is 47.6 Å². The van der Waals surface area contributed by atoms with Crippen LogP contribution in [0.25, 0.3) is 16.9 Å². The van der Waals surface area contributed by atoms with Crippen LogP contribution in [0.4, 0.5) is 10.7 Å². The normalized spacial score (nSPS) is 11.5. The minimum Gasteiger partial charge on any atom is -0.493 e. The van der Waals surface area contributed by atoms with Crippen LogP contribution in [0, 0.1) is 20.8 Å². The molecule has 6 aromatic carbocycles. The number of sulfonamides is 1. The van der Waals surface area contributed by atoms with Crippen LogP contribution < -0.4 is 52.1 Å². The molecule has 1 atom stereocenters. The minimum absolute atomic E-state index is 0.0262. The van der Waals surface area contributed by atoms with Crippen LogP contribution in [-0.4, -0.2) is 136 Å². The molecule has 31 heteroatoms. The third kappa shape index (κ3) is 19.0. The highest BCUT2D eigenvalue weighted by molar-refractivity contribution is 7.88. The SMILES string of the molecule is CCc1[nH]n2nc(C(C)C)nc2c1Oc1ccc(C(=O)NCCCOc2ccc(C)cc2C)cc1.COc1ccccc1Oc1nn2[nH]c(NS(=O)Oc3ccccc3)nc2c1OC(=O)N(C)C.Cc1[nH]n2nc(CCNS(C)(=O)=O)nc2c1Oc1ccc(OCc2ccccc2)cc1. The number of H-pyrrole nitrogens is 3. The quantitative estimate of drug-likeness (QED) is 0.0261. The van der Waals surface area contributed by atoms with Gasteiger partial charge in [-0.15, -0.1) is 29.2 Å². The molecule has 6 aromatic heterocycles. The van der Waals surface area contributed by atoms with Gasteiger partial charge in [0.05, 0.1) is 31.4 Å². The largest absolute Gasteiger partial charge is 0.493 e. The van der Waals surface area contributed by atoms with Crippen molar-refractivity contribution in [1.29, 1.82) is 0 Å². The lowest BCUT2D eigenvalue weighted by atomic mass is 10.1. The number of ether oxygens (including phenoxy) is 7. The Morgan fingerprint density at radius 1 is 0.657 bits per heavy atom. The molecule has 0 aliphatic heterocycles. The number of aromatic nitrogens is 12. The molecule has 0 bridgehead atoms. The summed E-state index contributed by atoms with van der Waals surface area (Å²) >= 11 is -1.95. The van der Waals surface area contributed by atoms with Gasteiger partial charge in [-0.25, -0.2) is 37.7 Å². The van der Waals surface area contributed by atoms with E-state index in [0.29, 0.717) is 89.1 Å². The van der Waals surface area contributed by atoms with Gasteiger partial charge in [0.2, 0.25) is 38.7 Å². The molecule has 0 radical (unpaired) electrons. The smallest absolute Gasteiger partial charge is 0.415 e. The molecule has 0 fully saturated rings. The van der Waals surface area contributed by atoms with Crippen molar-refractivity contribution >= 4 is 56.2 Å². The van der Waals surface area contributed by atoms with Crippen LogP contribution >= 0.6 is 0 Å². The number of hydrogen-bond donors (Lipinski definition) is 6. The first-order chi connectivity index (χ1) is 47.7. The van der Waals surface area contributed by atoms with E-state index >= 15 is 0 Å². The number of rotatable bonds is 27. The van der Waals surface area contributed by atoms with Gasteiger partial charge in [0.15, 0.2) is 34.6 Å². The Hall–Kier alpha value is -11.4. The van der Waals surface area contributed by atoms with Crippen LogP contribution in [0.5, 0.6) is 63.4 Å². The third-order valence-corrected chi connectivity index (χ3v) is 15.8. The van der Waals surface area contributed by atoms with Crippen molar-refractivity contribution in [2.45, 2.75) is 73.3 Å². The predicted octanol–water partition coefficient (Wildman–Crippen LogP) is 11.2. The van der Waals surface area contributed by atoms with E-state index in [1.807, 2.05) is 93.6 Å². The monoisotopic (exact) mass is 1390 g/mol. The standard InChI is InChI=1S/C27H33N5O3.C21H23N5O4S.C20H20N6O6S/c1-6-22-24(26-29-25(17(2)3)31-32(26)30-22)35-21-11-9-20(10-12-21)27(33)28-14-7-15-34-23-13-8-18(4)16-19(23)5;1-15-20(21-23-19(25-26(21)24-15)12-13-22-31(2,27)28)30-18-10-8-17(9-11-18)29-14-16-6-4-3-5-7-16;1-25(2)20(27)31-16-17-21-19(24-33(28)32-13-9-5-4-6-10-13)23-26(17)22-18(16)30-15-12-8-7-11-14(15)29-3/h8-13,16-17,30H,6-7,14-15H2,1-5H3,(H,28,33);3-11,22,24H,12-14H2,1-2H3;4-12H,1-3H3,(H2,21,23,24). The van der Waals surface area contributed by atoms with E-state index in [0.717, 1.165) is 58.9 Å². The molecule has 0 spiro atoms. The van der Waals surface area contributed by atoms with Crippen LogP contribution in [0.1, 0.15) is 83.2 Å². The number of fused-ring (bicyclic) bond motifs is 3. The number of carbonyl (C=O) groups is 2. The van der Waals surface area contributed by atoms with Gasteiger partial charge in [-0.05, 0) is 124 Å². The van der Waals surface area contributed by atoms with E-state index < -0.39 is 27.4 Å². The van der Waals surface area contributed by atoms with E-state index in [9.17, 15) is 22.2 Å². The lowest BCUT2D eigenvalue weighted by Crippen LogP contribution is -2.25. The van der Waals surface area contributed by atoms with Gasteiger partial charge in [-0.3, -0.25) is 15.0 Å². The number of anilines is 1. The highest BCUT2D eigenvalue weighted by Crippen LogP contribution is 2.39. The second-order valence-electron chi connectivity index (χ2n) is 22.8. The number of nitrogens with one attached hydrogen (secondary N) is 6. The maximum absolute atomic E-state index is 12.5. The van der Waals surface area contributed by atoms with Gasteiger partial charge in [-0.2, -0.15) is 9.19 Å². The highest BCUT2D eigenvalue weighted by Gasteiger charge is 2.26. The maximum Gasteiger partial charge on any atom is 0.415 e. The van der Waals surface area contributed by atoms with Crippen LogP contribution in [0.2, 0.25) is 0 Å². The summed E-state index contributed by atoms with van der Waals surface area (Å²) in [7, 11) is 1.32. The topological polar surface area (TPSA) is 336 Å². The fourth-order valence-electron chi connectivity index (χ4n) is 9.40. The van der Waals surface area contributed by atoms with E-state index in [1.54, 1.807) is 77.4 Å². The number of aryl methyl sites for hydroxylation is 4. The fraction of sp³-hybridized carbons (Fsp3) is 0.265. The summed E-state index contributed by atoms with van der Waals surface area (Å²) in [5.41, 5.74) is 7.02. The number of hydrogen-bond acceptors (Lipinski definition) is 19. The van der Waals surface area contributed by atoms with Crippen molar-refractivity contribution in [1.82, 2.24) is 74.4 Å². The molecule has 1 unspecified atom stereocenters. The first-order valence-electron chi connectivity index (χ1n) is 31.3. The molecular formula is C68H76N16O13S2. The summed E-state index contributed by atoms with van der Waals surface area (Å²) in [4.78, 5) is 39.3. The molecule has 12 rings (SSSR count). The molecule has 0 saturated heterocycles. The van der Waals surface area contributed by atoms with E-state index in [1.165, 1.54) is 40.9 Å². The molecular weight excluding hydrogens is 1310 g/mol. The summed E-state index contributed by atoms with van der Waals surface area (Å²) in [5, 5.41) is 25.1. The molecule has 518 valence electrons. The summed E-state index contributed by atoms with van der Waals surface area (Å²) < 4.78 is 89.7. The lowest BCUT2D eigenvalue weighted by molar-refractivity contribution is 0.0951. The van der Waals surface area contributed by atoms with Gasteiger partial charge in [0.1, 0.15) is 35.4 Å². The van der Waals surface area contributed by atoms with Crippen LogP contribution in [0.15, 0.2) is 152 Å². The van der Waals surface area contributed by atoms with Gasteiger partial charge in [0.25, 0.3) is 11.8 Å². The summed E-state index contributed by atoms with van der Waals surface area (Å²) in [6.07, 6.45) is 2.30. The Morgan fingerprint density at radius 3 is 1.97 bits per heavy atom. The highest BCUT2D eigenvalue weighted by atomic mass is 32.2. The molecule has 0 saturated carbocycles. The zero-order valence-corrected chi connectivity index (χ0v) is 57.7. The van der Waals surface area contributed by atoms with Crippen molar-refractivity contribution in [2.24, 2.45) is 0 Å². The first-order valence-corrected chi connectivity index (χ1v) is 34.3. The number of para-hydroxylation sites is 3. The van der Waals surface area contributed by atoms with Crippen LogP contribution in [0.3, 0.4) is 0 Å². The zero-order chi connectivity index (χ0) is 70.2. The average molecular weight is 1390 g/mol. The van der Waals surface area contributed by atoms with Crippen molar-refractivity contribution in [3.8, 4) is 63.4 Å². The fourth-order valence-corrected chi connectivity index (χ4v) is 10.4. The molecule has 2 amide bonds. The van der Waals surface area contributed by atoms with Gasteiger partial charge >= 0.3 is 17.4 Å². The van der Waals surface area contributed by atoms with Crippen molar-refractivity contribution < 1.29 is 59.6 Å². The van der Waals surface area contributed by atoms with E-state index in [4.69, 9.17) is 37.3 Å². The Labute approximate surface area is 572 Å². The Morgan fingerprint density at radius 2 is 1.29 bits per heavy atom. The first kappa shape index (κ1) is 70.4. The summed E-state index contributed by atoms with van der Waals surface area (Å²) in [5.74, 6) is 6.72. The van der Waals surface area contributed by atoms with E-state index in [2.05, 4.69) is 87.1 Å². The summed E-state index contributed by atoms with van der Waals surface area (Å²) in [6, 6.07) is 46.1. The zero-order valence-electron chi connectivity index (χ0n) is 56.1. The maximum atomic E-state index is 12.5. The number of nitrogens with zero attached hydrogens (tertiary/aromatic N) is 10. The molecule has 12 aromatic rings. The van der Waals surface area contributed by atoms with Crippen molar-refractivity contribution in [3.05, 3.63) is 197 Å². The number of aromatic amines is 3. The second-order valence-corrected chi connectivity index (χ2v) is 25.4. The molecule has 99 heavy (non-hydrogen) atoms. The molecule has 29 nitrogen and oxygen atoms in total. The van der Waals surface area contributed by atoms with Crippen molar-refractivity contribution in [3.63, 3.8) is 0 Å². The van der Waals surface area contributed by atoms with E-state index in [-0.39, 0.29) is 41.6 Å². The molecule has 0 aliphatic carbocycles. The summed E-state index contributed by atoms with van der Waals surface area (Å²) in [6.45, 7) is 13.9. The number of methoxy groups -OCH3 is 1. The third-order valence-electron chi connectivity index (χ3n) is 14.4. The Balaban J connectivity index is 0.000000161. The average Bonchev–Trinajstić information content (AvgIpc) is 1.64. The number of carbonyl (C=O) groups excluding carboxylic acids is 2. The number of benzene rings is 6. The molecule has 6 heterocycles. The minimum atomic E-state index is -3.25. The van der Waals surface area contributed by atoms with Gasteiger partial charge in [0, 0.05) is 45.1 Å². The predicted molar refractivity (Wildman–Crippen MR) is 371 cm³/mol. The Kier molecular flexibility index (Phi) is 23.1. The van der Waals surface area contributed by atoms with Crippen LogP contribution in [-0.2, 0) is 40.7 Å². The number of amides is 2. The second kappa shape index (κ2) is 32.5. The molecule has 0 aliphatic rings. The molecule has 6 N–H and O–H groups in total. The van der Waals surface area contributed by atoms with Gasteiger partial charge in [-0.1, -0.05) is 99.1 Å².